The summed E-state index contributed by atoms with van der Waals surface area (Å²) in [6, 6.07) is 10.1. The first-order valence-corrected chi connectivity index (χ1v) is 10.2. The average molecular weight is 369 g/mol. The number of rotatable bonds is 7. The van der Waals surface area contributed by atoms with E-state index in [1.165, 1.54) is 24.8 Å². The van der Waals surface area contributed by atoms with E-state index in [2.05, 4.69) is 35.2 Å². The maximum absolute atomic E-state index is 13.0. The van der Waals surface area contributed by atoms with E-state index >= 15 is 0 Å². The molecule has 1 saturated heterocycles. The maximum atomic E-state index is 13.0. The van der Waals surface area contributed by atoms with E-state index < -0.39 is 0 Å². The molecule has 1 aliphatic rings. The molecular formula is C22H32N4O. The number of nitrogens with one attached hydrogen (secondary N) is 1. The van der Waals surface area contributed by atoms with Crippen LogP contribution < -0.4 is 5.32 Å². The third-order valence-electron chi connectivity index (χ3n) is 5.09. The van der Waals surface area contributed by atoms with E-state index in [0.29, 0.717) is 18.2 Å². The van der Waals surface area contributed by atoms with Gasteiger partial charge in [-0.15, -0.1) is 0 Å². The van der Waals surface area contributed by atoms with Crippen molar-refractivity contribution in [1.82, 2.24) is 14.7 Å². The Morgan fingerprint density at radius 3 is 2.63 bits per heavy atom. The molecule has 0 aliphatic carbocycles. The molecule has 0 bridgehead atoms. The van der Waals surface area contributed by atoms with Crippen LogP contribution in [0, 0.1) is 5.92 Å². The number of aromatic nitrogens is 2. The molecule has 2 aromatic rings. The quantitative estimate of drug-likeness (QED) is 0.791. The Kier molecular flexibility index (Phi) is 6.67. The summed E-state index contributed by atoms with van der Waals surface area (Å²) in [5.41, 5.74) is 3.71. The summed E-state index contributed by atoms with van der Waals surface area (Å²) in [5.74, 6) is 0.442. The highest BCUT2D eigenvalue weighted by molar-refractivity contribution is 6.03. The van der Waals surface area contributed by atoms with Gasteiger partial charge in [-0.3, -0.25) is 14.4 Å². The van der Waals surface area contributed by atoms with Crippen LogP contribution in [0.5, 0.6) is 0 Å². The summed E-state index contributed by atoms with van der Waals surface area (Å²) in [5, 5.41) is 7.73. The molecule has 1 amide bonds. The molecule has 1 aromatic heterocycles. The Hall–Kier alpha value is -2.14. The first-order valence-electron chi connectivity index (χ1n) is 10.2. The first kappa shape index (κ1) is 19.6. The lowest BCUT2D eigenvalue weighted by atomic mass is 10.1. The topological polar surface area (TPSA) is 50.2 Å². The van der Waals surface area contributed by atoms with Gasteiger partial charge in [0.15, 0.2) is 0 Å². The molecule has 27 heavy (non-hydrogen) atoms. The lowest BCUT2D eigenvalue weighted by molar-refractivity contribution is 0.101. The molecule has 146 valence electrons. The normalized spacial score (nSPS) is 15.3. The largest absolute Gasteiger partial charge is 0.320 e. The Bertz CT molecular complexity index is 759. The summed E-state index contributed by atoms with van der Waals surface area (Å²) in [6.07, 6.45) is 4.75. The van der Waals surface area contributed by atoms with Crippen molar-refractivity contribution in [2.24, 2.45) is 5.92 Å². The average Bonchev–Trinajstić information content (AvgIpc) is 3.06. The number of likely N-dealkylation sites (tertiary alicyclic amines) is 1. The molecule has 5 nitrogen and oxygen atoms in total. The smallest absolute Gasteiger partial charge is 0.273 e. The molecule has 0 atom stereocenters. The fourth-order valence-corrected chi connectivity index (χ4v) is 3.74. The third kappa shape index (κ3) is 5.19. The van der Waals surface area contributed by atoms with E-state index in [4.69, 9.17) is 0 Å². The number of benzene rings is 1. The van der Waals surface area contributed by atoms with Crippen LogP contribution in [-0.2, 0) is 19.5 Å². The number of carbonyl (C=O) groups is 1. The summed E-state index contributed by atoms with van der Waals surface area (Å²) in [4.78, 5) is 15.4. The minimum Gasteiger partial charge on any atom is -0.320 e. The first-order chi connectivity index (χ1) is 13.1. The van der Waals surface area contributed by atoms with Crippen molar-refractivity contribution in [2.45, 2.75) is 59.5 Å². The van der Waals surface area contributed by atoms with Crippen LogP contribution in [0.2, 0.25) is 0 Å². The van der Waals surface area contributed by atoms with Gasteiger partial charge in [0.05, 0.1) is 5.69 Å². The van der Waals surface area contributed by atoms with E-state index in [0.717, 1.165) is 37.4 Å². The summed E-state index contributed by atoms with van der Waals surface area (Å²) >= 11 is 0. The van der Waals surface area contributed by atoms with E-state index in [9.17, 15) is 4.79 Å². The Morgan fingerprint density at radius 1 is 1.19 bits per heavy atom. The highest BCUT2D eigenvalue weighted by atomic mass is 16.2. The van der Waals surface area contributed by atoms with Crippen LogP contribution in [0.15, 0.2) is 30.3 Å². The molecule has 0 radical (unpaired) electrons. The van der Waals surface area contributed by atoms with Gasteiger partial charge in [-0.1, -0.05) is 38.5 Å². The number of piperidine rings is 1. The zero-order valence-electron chi connectivity index (χ0n) is 16.9. The standard InChI is InChI=1S/C22H32N4O/c1-4-26-21(15-19(24-26)14-17(2)3)22(27)23-20-11-7-6-10-18(20)16-25-12-8-5-9-13-25/h6-7,10-11,15,17H,4-5,8-9,12-14,16H2,1-3H3,(H,23,27). The van der Waals surface area contributed by atoms with Crippen molar-refractivity contribution in [2.75, 3.05) is 18.4 Å². The van der Waals surface area contributed by atoms with E-state index in [1.807, 2.05) is 31.2 Å². The van der Waals surface area contributed by atoms with Crippen molar-refractivity contribution < 1.29 is 4.79 Å². The van der Waals surface area contributed by atoms with Gasteiger partial charge in [0.2, 0.25) is 0 Å². The highest BCUT2D eigenvalue weighted by Crippen LogP contribution is 2.21. The van der Waals surface area contributed by atoms with Gasteiger partial charge in [0.25, 0.3) is 5.91 Å². The number of hydrogen-bond donors (Lipinski definition) is 1. The number of hydrogen-bond acceptors (Lipinski definition) is 3. The van der Waals surface area contributed by atoms with Gasteiger partial charge in [0.1, 0.15) is 5.69 Å². The third-order valence-corrected chi connectivity index (χ3v) is 5.09. The van der Waals surface area contributed by atoms with Gasteiger partial charge in [-0.2, -0.15) is 5.10 Å². The fraction of sp³-hybridized carbons (Fsp3) is 0.545. The van der Waals surface area contributed by atoms with Gasteiger partial charge < -0.3 is 5.32 Å². The van der Waals surface area contributed by atoms with Gasteiger partial charge >= 0.3 is 0 Å². The monoisotopic (exact) mass is 368 g/mol. The lowest BCUT2D eigenvalue weighted by Crippen LogP contribution is -2.29. The van der Waals surface area contributed by atoms with Gasteiger partial charge in [0, 0.05) is 18.8 Å². The van der Waals surface area contributed by atoms with Crippen LogP contribution in [-0.4, -0.2) is 33.7 Å². The predicted octanol–water partition coefficient (Wildman–Crippen LogP) is 4.34. The number of nitrogens with zero attached hydrogens (tertiary/aromatic N) is 3. The number of para-hydroxylation sites is 1. The molecule has 5 heteroatoms. The Morgan fingerprint density at radius 2 is 1.93 bits per heavy atom. The molecule has 2 heterocycles. The van der Waals surface area contributed by atoms with Crippen LogP contribution >= 0.6 is 0 Å². The molecular weight excluding hydrogens is 336 g/mol. The maximum Gasteiger partial charge on any atom is 0.273 e. The van der Waals surface area contributed by atoms with Crippen LogP contribution in [0.3, 0.4) is 0 Å². The number of anilines is 1. The lowest BCUT2D eigenvalue weighted by Gasteiger charge is -2.27. The minimum atomic E-state index is -0.0783. The van der Waals surface area contributed by atoms with Crippen molar-refractivity contribution in [3.05, 3.63) is 47.3 Å². The zero-order valence-corrected chi connectivity index (χ0v) is 16.9. The highest BCUT2D eigenvalue weighted by Gasteiger charge is 2.18. The zero-order chi connectivity index (χ0) is 19.2. The van der Waals surface area contributed by atoms with Crippen LogP contribution in [0.25, 0.3) is 0 Å². The number of amides is 1. The van der Waals surface area contributed by atoms with Crippen molar-refractivity contribution in [1.29, 1.82) is 0 Å². The molecule has 0 saturated carbocycles. The molecule has 1 N–H and O–H groups in total. The van der Waals surface area contributed by atoms with Gasteiger partial charge in [-0.25, -0.2) is 0 Å². The number of carbonyl (C=O) groups excluding carboxylic acids is 1. The summed E-state index contributed by atoms with van der Waals surface area (Å²) in [7, 11) is 0. The second kappa shape index (κ2) is 9.18. The predicted molar refractivity (Wildman–Crippen MR) is 110 cm³/mol. The summed E-state index contributed by atoms with van der Waals surface area (Å²) in [6.45, 7) is 10.2. The molecule has 1 aliphatic heterocycles. The molecule has 1 aromatic carbocycles. The minimum absolute atomic E-state index is 0.0783. The Balaban J connectivity index is 1.75. The van der Waals surface area contributed by atoms with Crippen LogP contribution in [0.1, 0.15) is 61.8 Å². The van der Waals surface area contributed by atoms with Gasteiger partial charge in [-0.05, 0) is 62.9 Å². The molecule has 3 rings (SSSR count). The fourth-order valence-electron chi connectivity index (χ4n) is 3.74. The number of aryl methyl sites for hydroxylation is 1. The van der Waals surface area contributed by atoms with E-state index in [1.54, 1.807) is 4.68 Å². The van der Waals surface area contributed by atoms with Crippen LogP contribution in [0.4, 0.5) is 5.69 Å². The SMILES string of the molecule is CCn1nc(CC(C)C)cc1C(=O)Nc1ccccc1CN1CCCCC1. The van der Waals surface area contributed by atoms with Crippen molar-refractivity contribution >= 4 is 11.6 Å². The molecule has 1 fully saturated rings. The molecule has 0 spiro atoms. The van der Waals surface area contributed by atoms with Crippen molar-refractivity contribution in [3.63, 3.8) is 0 Å². The van der Waals surface area contributed by atoms with Crippen molar-refractivity contribution in [3.8, 4) is 0 Å². The second-order valence-electron chi connectivity index (χ2n) is 7.88. The van der Waals surface area contributed by atoms with E-state index in [-0.39, 0.29) is 5.91 Å². The Labute approximate surface area is 162 Å². The molecule has 0 unspecified atom stereocenters. The second-order valence-corrected chi connectivity index (χ2v) is 7.88. The summed E-state index contributed by atoms with van der Waals surface area (Å²) < 4.78 is 1.81.